The predicted octanol–water partition coefficient (Wildman–Crippen LogP) is 3.87. The molecule has 0 radical (unpaired) electrons. The highest BCUT2D eigenvalue weighted by atomic mass is 32.2. The Morgan fingerprint density at radius 3 is 2.32 bits per heavy atom. The van der Waals surface area contributed by atoms with Crippen molar-refractivity contribution >= 4 is 23.4 Å². The maximum absolute atomic E-state index is 11.3. The Bertz CT molecular complexity index is 934. The van der Waals surface area contributed by atoms with E-state index in [4.69, 9.17) is 0 Å². The van der Waals surface area contributed by atoms with Gasteiger partial charge in [-0.15, -0.1) is 11.8 Å². The lowest BCUT2D eigenvalue weighted by atomic mass is 10.1. The molecular formula is C17H13N3O4S. The number of nitro benzene ring substituents is 1. The summed E-state index contributed by atoms with van der Waals surface area (Å²) in [6, 6.07) is 14.9. The van der Waals surface area contributed by atoms with Crippen molar-refractivity contribution in [3.8, 4) is 16.9 Å². The fourth-order valence-electron chi connectivity index (χ4n) is 2.37. The van der Waals surface area contributed by atoms with Gasteiger partial charge in [-0.1, -0.05) is 12.1 Å². The molecule has 2 aromatic carbocycles. The van der Waals surface area contributed by atoms with Crippen LogP contribution < -0.4 is 0 Å². The van der Waals surface area contributed by atoms with Gasteiger partial charge in [-0.25, -0.2) is 9.48 Å². The molecule has 8 heteroatoms. The molecule has 1 N–H and O–H groups in total. The van der Waals surface area contributed by atoms with Crippen molar-refractivity contribution in [2.45, 2.75) is 4.90 Å². The molecule has 0 aliphatic heterocycles. The molecule has 0 spiro atoms. The lowest BCUT2D eigenvalue weighted by molar-refractivity contribution is -0.384. The molecule has 3 rings (SSSR count). The number of carboxylic acid groups (broad SMARTS) is 1. The van der Waals surface area contributed by atoms with Gasteiger partial charge in [0.2, 0.25) is 0 Å². The lowest BCUT2D eigenvalue weighted by Crippen LogP contribution is -2.02. The smallest absolute Gasteiger partial charge is 0.356 e. The van der Waals surface area contributed by atoms with Crippen molar-refractivity contribution in [2.24, 2.45) is 0 Å². The van der Waals surface area contributed by atoms with Gasteiger partial charge in [-0.05, 0) is 36.6 Å². The van der Waals surface area contributed by atoms with E-state index in [2.05, 4.69) is 5.10 Å². The molecule has 0 amide bonds. The number of non-ortho nitro benzene ring substituents is 1. The molecule has 0 saturated heterocycles. The van der Waals surface area contributed by atoms with E-state index in [1.54, 1.807) is 11.8 Å². The summed E-state index contributed by atoms with van der Waals surface area (Å²) in [6.07, 6.45) is 1.97. The standard InChI is InChI=1S/C17H13N3O4S/c1-25-14-8-2-11(3-9-14)16-10-15(17(21)22)18-19(16)12-4-6-13(7-5-12)20(23)24/h2-10H,1H3,(H,21,22). The predicted molar refractivity (Wildman–Crippen MR) is 94.4 cm³/mol. The fraction of sp³-hybridized carbons (Fsp3) is 0.0588. The third-order valence-corrected chi connectivity index (χ3v) is 4.36. The molecule has 0 aliphatic rings. The minimum atomic E-state index is -1.14. The third kappa shape index (κ3) is 3.38. The second-order valence-electron chi connectivity index (χ2n) is 5.13. The zero-order valence-corrected chi connectivity index (χ0v) is 13.9. The summed E-state index contributed by atoms with van der Waals surface area (Å²) in [5.74, 6) is -1.14. The van der Waals surface area contributed by atoms with Gasteiger partial charge in [0.05, 0.1) is 16.3 Å². The van der Waals surface area contributed by atoms with Crippen LogP contribution in [0.15, 0.2) is 59.5 Å². The molecule has 3 aromatic rings. The van der Waals surface area contributed by atoms with Crippen molar-refractivity contribution in [3.63, 3.8) is 0 Å². The highest BCUT2D eigenvalue weighted by Crippen LogP contribution is 2.27. The summed E-state index contributed by atoms with van der Waals surface area (Å²) < 4.78 is 1.47. The van der Waals surface area contributed by atoms with Gasteiger partial charge in [0.1, 0.15) is 0 Å². The Morgan fingerprint density at radius 1 is 1.16 bits per heavy atom. The van der Waals surface area contributed by atoms with Crippen LogP contribution in [-0.2, 0) is 0 Å². The molecule has 25 heavy (non-hydrogen) atoms. The van der Waals surface area contributed by atoms with Crippen molar-refractivity contribution < 1.29 is 14.8 Å². The second kappa shape index (κ2) is 6.78. The van der Waals surface area contributed by atoms with Crippen LogP contribution in [0.5, 0.6) is 0 Å². The first-order valence-electron chi connectivity index (χ1n) is 7.22. The van der Waals surface area contributed by atoms with Gasteiger partial charge < -0.3 is 5.11 Å². The molecule has 7 nitrogen and oxygen atoms in total. The number of aromatic nitrogens is 2. The quantitative estimate of drug-likeness (QED) is 0.424. The zero-order chi connectivity index (χ0) is 18.0. The maximum Gasteiger partial charge on any atom is 0.356 e. The van der Waals surface area contributed by atoms with Crippen molar-refractivity contribution in [1.82, 2.24) is 9.78 Å². The van der Waals surface area contributed by atoms with E-state index in [1.165, 1.54) is 35.0 Å². The van der Waals surface area contributed by atoms with E-state index in [0.29, 0.717) is 11.4 Å². The van der Waals surface area contributed by atoms with Crippen molar-refractivity contribution in [1.29, 1.82) is 0 Å². The van der Waals surface area contributed by atoms with Crippen LogP contribution in [-0.4, -0.2) is 32.0 Å². The number of rotatable bonds is 5. The monoisotopic (exact) mass is 355 g/mol. The Morgan fingerprint density at radius 2 is 1.80 bits per heavy atom. The van der Waals surface area contributed by atoms with E-state index in [0.717, 1.165) is 10.5 Å². The Labute approximate surface area is 147 Å². The number of carbonyl (C=O) groups is 1. The number of hydrogen-bond acceptors (Lipinski definition) is 5. The number of thioether (sulfide) groups is 1. The summed E-state index contributed by atoms with van der Waals surface area (Å²) in [5, 5.41) is 24.2. The largest absolute Gasteiger partial charge is 0.476 e. The molecule has 0 atom stereocenters. The summed E-state index contributed by atoms with van der Waals surface area (Å²) in [4.78, 5) is 22.7. The van der Waals surface area contributed by atoms with Crippen molar-refractivity contribution in [2.75, 3.05) is 6.26 Å². The van der Waals surface area contributed by atoms with Crippen LogP contribution in [0.2, 0.25) is 0 Å². The molecule has 0 unspecified atom stereocenters. The molecule has 0 fully saturated rings. The first-order chi connectivity index (χ1) is 12.0. The van der Waals surface area contributed by atoms with Crippen molar-refractivity contribution in [3.05, 3.63) is 70.4 Å². The number of hydrogen-bond donors (Lipinski definition) is 1. The highest BCUT2D eigenvalue weighted by molar-refractivity contribution is 7.98. The molecule has 0 aliphatic carbocycles. The highest BCUT2D eigenvalue weighted by Gasteiger charge is 2.16. The Balaban J connectivity index is 2.11. The fourth-order valence-corrected chi connectivity index (χ4v) is 2.77. The third-order valence-electron chi connectivity index (χ3n) is 3.62. The van der Waals surface area contributed by atoms with Gasteiger partial charge in [0, 0.05) is 22.6 Å². The molecule has 1 heterocycles. The summed E-state index contributed by atoms with van der Waals surface area (Å²) in [5.41, 5.74) is 1.81. The van der Waals surface area contributed by atoms with Crippen LogP contribution >= 0.6 is 11.8 Å². The van der Waals surface area contributed by atoms with E-state index in [-0.39, 0.29) is 11.4 Å². The average Bonchev–Trinajstić information content (AvgIpc) is 3.07. The number of benzene rings is 2. The second-order valence-corrected chi connectivity index (χ2v) is 6.01. The zero-order valence-electron chi connectivity index (χ0n) is 13.1. The molecule has 0 saturated carbocycles. The minimum absolute atomic E-state index is 0.0414. The topological polar surface area (TPSA) is 98.3 Å². The number of nitro groups is 1. The first-order valence-corrected chi connectivity index (χ1v) is 8.44. The van der Waals surface area contributed by atoms with Crippen LogP contribution in [0.4, 0.5) is 5.69 Å². The summed E-state index contributed by atoms with van der Waals surface area (Å²) in [7, 11) is 0. The molecular weight excluding hydrogens is 342 g/mol. The maximum atomic E-state index is 11.3. The summed E-state index contributed by atoms with van der Waals surface area (Å²) in [6.45, 7) is 0. The van der Waals surface area contributed by atoms with Gasteiger partial charge >= 0.3 is 5.97 Å². The molecule has 0 bridgehead atoms. The lowest BCUT2D eigenvalue weighted by Gasteiger charge is -2.08. The van der Waals surface area contributed by atoms with E-state index < -0.39 is 10.9 Å². The van der Waals surface area contributed by atoms with Gasteiger partial charge in [-0.3, -0.25) is 10.1 Å². The van der Waals surface area contributed by atoms with Gasteiger partial charge in [0.25, 0.3) is 5.69 Å². The van der Waals surface area contributed by atoms with Crippen LogP contribution in [0.3, 0.4) is 0 Å². The van der Waals surface area contributed by atoms with Crippen LogP contribution in [0.1, 0.15) is 10.5 Å². The van der Waals surface area contributed by atoms with Crippen LogP contribution in [0, 0.1) is 10.1 Å². The normalized spacial score (nSPS) is 10.6. The van der Waals surface area contributed by atoms with E-state index in [9.17, 15) is 20.0 Å². The number of carboxylic acids is 1. The Kier molecular flexibility index (Phi) is 4.53. The van der Waals surface area contributed by atoms with Gasteiger partial charge in [-0.2, -0.15) is 5.10 Å². The van der Waals surface area contributed by atoms with Crippen LogP contribution in [0.25, 0.3) is 16.9 Å². The molecule has 126 valence electrons. The summed E-state index contributed by atoms with van der Waals surface area (Å²) >= 11 is 1.61. The first kappa shape index (κ1) is 16.7. The average molecular weight is 355 g/mol. The van der Waals surface area contributed by atoms with Gasteiger partial charge in [0.15, 0.2) is 5.69 Å². The SMILES string of the molecule is CSc1ccc(-c2cc(C(=O)O)nn2-c2ccc([N+](=O)[O-])cc2)cc1. The van der Waals surface area contributed by atoms with E-state index in [1.807, 2.05) is 30.5 Å². The number of aromatic carboxylic acids is 1. The Hall–Kier alpha value is -3.13. The number of nitrogens with zero attached hydrogens (tertiary/aromatic N) is 3. The molecule has 1 aromatic heterocycles. The van der Waals surface area contributed by atoms with E-state index >= 15 is 0 Å². The minimum Gasteiger partial charge on any atom is -0.476 e.